The second kappa shape index (κ2) is 6.65. The monoisotopic (exact) mass is 280 g/mol. The van der Waals surface area contributed by atoms with Crippen LogP contribution in [0.25, 0.3) is 0 Å². The van der Waals surface area contributed by atoms with Crippen molar-refractivity contribution in [3.05, 3.63) is 39.4 Å². The number of nitro groups is 1. The molecule has 0 aliphatic heterocycles. The number of carbonyl (C=O) groups is 2. The standard InChI is InChI=1S/C13H16N2O5/c1-3-9(13(17)18)7-14-12(16)10-6-8(2)4-5-11(10)15(19)20/h4-6,9H,3,7H2,1-2H3,(H,14,16)(H,17,18). The average Bonchev–Trinajstić information content (AvgIpc) is 2.38. The molecule has 2 N–H and O–H groups in total. The number of carboxylic acid groups (broad SMARTS) is 1. The Bertz CT molecular complexity index is 542. The molecule has 0 aromatic heterocycles. The van der Waals surface area contributed by atoms with Crippen molar-refractivity contribution in [2.24, 2.45) is 5.92 Å². The van der Waals surface area contributed by atoms with Gasteiger partial charge in [-0.25, -0.2) is 0 Å². The highest BCUT2D eigenvalue weighted by Gasteiger charge is 2.22. The fraction of sp³-hybridized carbons (Fsp3) is 0.385. The number of aliphatic carboxylic acids is 1. The molecule has 20 heavy (non-hydrogen) atoms. The molecule has 0 radical (unpaired) electrons. The van der Waals surface area contributed by atoms with Crippen LogP contribution in [0.1, 0.15) is 29.3 Å². The molecule has 0 bridgehead atoms. The predicted octanol–water partition coefficient (Wildman–Crippen LogP) is 1.74. The van der Waals surface area contributed by atoms with Gasteiger partial charge in [0.1, 0.15) is 5.56 Å². The first-order chi connectivity index (χ1) is 9.36. The highest BCUT2D eigenvalue weighted by Crippen LogP contribution is 2.19. The first-order valence-electron chi connectivity index (χ1n) is 6.12. The van der Waals surface area contributed by atoms with Crippen molar-refractivity contribution in [2.45, 2.75) is 20.3 Å². The van der Waals surface area contributed by atoms with Crippen molar-refractivity contribution < 1.29 is 19.6 Å². The molecule has 1 aromatic rings. The molecule has 0 saturated heterocycles. The van der Waals surface area contributed by atoms with E-state index in [1.807, 2.05) is 0 Å². The van der Waals surface area contributed by atoms with E-state index in [9.17, 15) is 19.7 Å². The smallest absolute Gasteiger partial charge is 0.308 e. The summed E-state index contributed by atoms with van der Waals surface area (Å²) in [6.45, 7) is 3.35. The molecule has 108 valence electrons. The highest BCUT2D eigenvalue weighted by atomic mass is 16.6. The molecule has 1 unspecified atom stereocenters. The lowest BCUT2D eigenvalue weighted by atomic mass is 10.1. The summed E-state index contributed by atoms with van der Waals surface area (Å²) in [5.41, 5.74) is 0.359. The Labute approximate surface area is 115 Å². The lowest BCUT2D eigenvalue weighted by Gasteiger charge is -2.11. The fourth-order valence-corrected chi connectivity index (χ4v) is 1.71. The zero-order valence-corrected chi connectivity index (χ0v) is 11.3. The van der Waals surface area contributed by atoms with Gasteiger partial charge < -0.3 is 10.4 Å². The first-order valence-corrected chi connectivity index (χ1v) is 6.12. The van der Waals surface area contributed by atoms with Crippen molar-refractivity contribution in [1.82, 2.24) is 5.32 Å². The third-order valence-corrected chi connectivity index (χ3v) is 2.94. The van der Waals surface area contributed by atoms with Crippen LogP contribution in [0, 0.1) is 23.0 Å². The number of amides is 1. The number of benzene rings is 1. The molecule has 7 heteroatoms. The summed E-state index contributed by atoms with van der Waals surface area (Å²) in [7, 11) is 0. The van der Waals surface area contributed by atoms with Crippen LogP contribution in [0.5, 0.6) is 0 Å². The molecule has 1 atom stereocenters. The number of carbonyl (C=O) groups excluding carboxylic acids is 1. The number of aryl methyl sites for hydroxylation is 1. The number of carboxylic acids is 1. The molecule has 0 aliphatic carbocycles. The number of nitrogens with zero attached hydrogens (tertiary/aromatic N) is 1. The molecule has 0 aliphatic rings. The number of nitro benzene ring substituents is 1. The first kappa shape index (κ1) is 15.6. The normalized spacial score (nSPS) is 11.7. The summed E-state index contributed by atoms with van der Waals surface area (Å²) >= 11 is 0. The number of rotatable bonds is 6. The molecule has 0 spiro atoms. The lowest BCUT2D eigenvalue weighted by Crippen LogP contribution is -2.33. The fourth-order valence-electron chi connectivity index (χ4n) is 1.71. The molecule has 1 amide bonds. The van der Waals surface area contributed by atoms with E-state index in [0.29, 0.717) is 12.0 Å². The molecule has 0 heterocycles. The van der Waals surface area contributed by atoms with Gasteiger partial charge in [-0.05, 0) is 25.0 Å². The molecular weight excluding hydrogens is 264 g/mol. The van der Waals surface area contributed by atoms with Crippen molar-refractivity contribution >= 4 is 17.6 Å². The molecule has 0 fully saturated rings. The van der Waals surface area contributed by atoms with Gasteiger partial charge in [0.05, 0.1) is 10.8 Å². The zero-order valence-electron chi connectivity index (χ0n) is 11.3. The van der Waals surface area contributed by atoms with Crippen LogP contribution in [0.4, 0.5) is 5.69 Å². The third-order valence-electron chi connectivity index (χ3n) is 2.94. The topological polar surface area (TPSA) is 110 Å². The van der Waals surface area contributed by atoms with Crippen molar-refractivity contribution in [3.8, 4) is 0 Å². The molecular formula is C13H16N2O5. The van der Waals surface area contributed by atoms with Crippen LogP contribution < -0.4 is 5.32 Å². The van der Waals surface area contributed by atoms with Crippen LogP contribution in [0.2, 0.25) is 0 Å². The van der Waals surface area contributed by atoms with Gasteiger partial charge in [-0.2, -0.15) is 0 Å². The highest BCUT2D eigenvalue weighted by molar-refractivity contribution is 5.98. The van der Waals surface area contributed by atoms with Crippen LogP contribution in [-0.2, 0) is 4.79 Å². The summed E-state index contributed by atoms with van der Waals surface area (Å²) < 4.78 is 0. The van der Waals surface area contributed by atoms with E-state index in [0.717, 1.165) is 0 Å². The van der Waals surface area contributed by atoms with Gasteiger partial charge in [0, 0.05) is 12.6 Å². The van der Waals surface area contributed by atoms with Gasteiger partial charge in [0.2, 0.25) is 0 Å². The summed E-state index contributed by atoms with van der Waals surface area (Å²) in [6.07, 6.45) is 0.367. The van der Waals surface area contributed by atoms with E-state index in [4.69, 9.17) is 5.11 Å². The van der Waals surface area contributed by atoms with Gasteiger partial charge in [-0.15, -0.1) is 0 Å². The van der Waals surface area contributed by atoms with Crippen molar-refractivity contribution in [3.63, 3.8) is 0 Å². The third kappa shape index (κ3) is 3.78. The van der Waals surface area contributed by atoms with Crippen LogP contribution in [0.3, 0.4) is 0 Å². The molecule has 1 rings (SSSR count). The SMILES string of the molecule is CCC(CNC(=O)c1cc(C)ccc1[N+](=O)[O-])C(=O)O. The minimum atomic E-state index is -1.01. The van der Waals surface area contributed by atoms with E-state index in [2.05, 4.69) is 5.32 Å². The Morgan fingerprint density at radius 1 is 1.45 bits per heavy atom. The van der Waals surface area contributed by atoms with Crippen molar-refractivity contribution in [1.29, 1.82) is 0 Å². The zero-order chi connectivity index (χ0) is 15.3. The molecule has 0 saturated carbocycles. The maximum atomic E-state index is 12.0. The summed E-state index contributed by atoms with van der Waals surface area (Å²) in [5.74, 6) is -2.35. The minimum Gasteiger partial charge on any atom is -0.481 e. The van der Waals surface area contributed by atoms with Gasteiger partial charge in [-0.3, -0.25) is 19.7 Å². The minimum absolute atomic E-state index is 0.0598. The Morgan fingerprint density at radius 2 is 2.10 bits per heavy atom. The predicted molar refractivity (Wildman–Crippen MR) is 71.6 cm³/mol. The quantitative estimate of drug-likeness (QED) is 0.609. The second-order valence-corrected chi connectivity index (χ2v) is 4.43. The summed E-state index contributed by atoms with van der Waals surface area (Å²) in [5, 5.41) is 22.2. The number of hydrogen-bond donors (Lipinski definition) is 2. The number of hydrogen-bond acceptors (Lipinski definition) is 4. The van der Waals surface area contributed by atoms with Crippen LogP contribution in [0.15, 0.2) is 18.2 Å². The van der Waals surface area contributed by atoms with Gasteiger partial charge in [-0.1, -0.05) is 13.0 Å². The average molecular weight is 280 g/mol. The molecule has 1 aromatic carbocycles. The van der Waals surface area contributed by atoms with Gasteiger partial charge >= 0.3 is 5.97 Å². The van der Waals surface area contributed by atoms with Gasteiger partial charge in [0.25, 0.3) is 11.6 Å². The Hall–Kier alpha value is -2.44. The Balaban J connectivity index is 2.89. The van der Waals surface area contributed by atoms with Crippen molar-refractivity contribution in [2.75, 3.05) is 6.54 Å². The van der Waals surface area contributed by atoms with Crippen LogP contribution in [-0.4, -0.2) is 28.5 Å². The van der Waals surface area contributed by atoms with E-state index < -0.39 is 22.7 Å². The Kier molecular flexibility index (Phi) is 5.19. The lowest BCUT2D eigenvalue weighted by molar-refractivity contribution is -0.385. The summed E-state index contributed by atoms with van der Waals surface area (Å²) in [6, 6.07) is 4.22. The van der Waals surface area contributed by atoms with E-state index in [1.54, 1.807) is 19.9 Å². The second-order valence-electron chi connectivity index (χ2n) is 4.43. The number of nitrogens with one attached hydrogen (secondary N) is 1. The maximum absolute atomic E-state index is 12.0. The van der Waals surface area contributed by atoms with E-state index in [-0.39, 0.29) is 17.8 Å². The maximum Gasteiger partial charge on any atom is 0.308 e. The van der Waals surface area contributed by atoms with E-state index >= 15 is 0 Å². The van der Waals surface area contributed by atoms with Crippen LogP contribution >= 0.6 is 0 Å². The molecule has 7 nitrogen and oxygen atoms in total. The largest absolute Gasteiger partial charge is 0.481 e. The summed E-state index contributed by atoms with van der Waals surface area (Å²) in [4.78, 5) is 33.0. The Morgan fingerprint density at radius 3 is 2.60 bits per heavy atom. The van der Waals surface area contributed by atoms with Gasteiger partial charge in [0.15, 0.2) is 0 Å². The van der Waals surface area contributed by atoms with E-state index in [1.165, 1.54) is 12.1 Å².